The van der Waals surface area contributed by atoms with Crippen molar-refractivity contribution in [3.05, 3.63) is 59.8 Å². The largest absolute Gasteiger partial charge is 0.463 e. The zero-order valence-corrected chi connectivity index (χ0v) is 21.3. The van der Waals surface area contributed by atoms with Crippen molar-refractivity contribution < 1.29 is 9.53 Å². The molecule has 3 heterocycles. The van der Waals surface area contributed by atoms with Crippen LogP contribution >= 0.6 is 0 Å². The van der Waals surface area contributed by atoms with E-state index in [2.05, 4.69) is 72.6 Å². The van der Waals surface area contributed by atoms with E-state index in [9.17, 15) is 4.79 Å². The molecule has 0 aliphatic carbocycles. The normalized spacial score (nSPS) is 17.3. The quantitative estimate of drug-likeness (QED) is 0.406. The molecule has 1 atom stereocenters. The van der Waals surface area contributed by atoms with Gasteiger partial charge in [-0.3, -0.25) is 9.69 Å². The summed E-state index contributed by atoms with van der Waals surface area (Å²) >= 11 is 0. The van der Waals surface area contributed by atoms with Gasteiger partial charge in [0.1, 0.15) is 5.82 Å². The average Bonchev–Trinajstić information content (AvgIpc) is 2.90. The molecule has 1 aromatic heterocycles. The SMILES string of the molecule is C=CC(=O)N1CCN(c2nc(OCCCN(C)C)nc3c2CCN(C(C)c2ccccc2)C3)CC1. The number of ether oxygens (including phenoxy) is 1. The summed E-state index contributed by atoms with van der Waals surface area (Å²) in [5.74, 6) is 0.958. The van der Waals surface area contributed by atoms with Crippen molar-refractivity contribution in [2.75, 3.05) is 64.9 Å². The lowest BCUT2D eigenvalue weighted by molar-refractivity contribution is -0.126. The molecule has 4 rings (SSSR count). The Kier molecular flexibility index (Phi) is 8.36. The Morgan fingerprint density at radius 3 is 2.57 bits per heavy atom. The van der Waals surface area contributed by atoms with E-state index < -0.39 is 0 Å². The van der Waals surface area contributed by atoms with E-state index in [1.165, 1.54) is 17.2 Å². The summed E-state index contributed by atoms with van der Waals surface area (Å²) in [7, 11) is 4.12. The molecule has 188 valence electrons. The van der Waals surface area contributed by atoms with Crippen LogP contribution in [0.3, 0.4) is 0 Å². The van der Waals surface area contributed by atoms with Crippen molar-refractivity contribution in [1.29, 1.82) is 0 Å². The topological polar surface area (TPSA) is 65.0 Å². The number of carbonyl (C=O) groups excluding carboxylic acids is 1. The number of aromatic nitrogens is 2. The van der Waals surface area contributed by atoms with Crippen LogP contribution in [-0.4, -0.2) is 90.5 Å². The summed E-state index contributed by atoms with van der Waals surface area (Å²) in [6.07, 6.45) is 3.21. The number of anilines is 1. The first-order chi connectivity index (χ1) is 17.0. The van der Waals surface area contributed by atoms with Gasteiger partial charge in [-0.15, -0.1) is 0 Å². The maximum Gasteiger partial charge on any atom is 0.318 e. The second-order valence-electron chi connectivity index (χ2n) is 9.58. The van der Waals surface area contributed by atoms with Crippen LogP contribution in [0.25, 0.3) is 0 Å². The fourth-order valence-electron chi connectivity index (χ4n) is 4.82. The fraction of sp³-hybridized carbons (Fsp3) is 0.519. The van der Waals surface area contributed by atoms with Crippen LogP contribution in [-0.2, 0) is 17.8 Å². The molecule has 1 fully saturated rings. The highest BCUT2D eigenvalue weighted by Crippen LogP contribution is 2.32. The summed E-state index contributed by atoms with van der Waals surface area (Å²) in [6.45, 7) is 12.0. The van der Waals surface area contributed by atoms with Gasteiger partial charge in [0.25, 0.3) is 0 Å². The first-order valence-electron chi connectivity index (χ1n) is 12.6. The number of carbonyl (C=O) groups is 1. The minimum absolute atomic E-state index is 0.00942. The Morgan fingerprint density at radius 2 is 1.89 bits per heavy atom. The molecule has 35 heavy (non-hydrogen) atoms. The number of fused-ring (bicyclic) bond motifs is 1. The highest BCUT2D eigenvalue weighted by Gasteiger charge is 2.30. The molecule has 2 aromatic rings. The van der Waals surface area contributed by atoms with E-state index in [1.54, 1.807) is 0 Å². The van der Waals surface area contributed by atoms with Crippen LogP contribution in [0.2, 0.25) is 0 Å². The Labute approximate surface area is 209 Å². The van der Waals surface area contributed by atoms with E-state index >= 15 is 0 Å². The number of benzene rings is 1. The fourth-order valence-corrected chi connectivity index (χ4v) is 4.82. The Hall–Kier alpha value is -2.97. The van der Waals surface area contributed by atoms with Crippen molar-refractivity contribution in [2.24, 2.45) is 0 Å². The van der Waals surface area contributed by atoms with Crippen LogP contribution in [0.5, 0.6) is 6.01 Å². The lowest BCUT2D eigenvalue weighted by atomic mass is 10.00. The molecule has 8 heteroatoms. The van der Waals surface area contributed by atoms with Gasteiger partial charge in [0.15, 0.2) is 0 Å². The molecular formula is C27H38N6O2. The van der Waals surface area contributed by atoms with Crippen molar-refractivity contribution in [1.82, 2.24) is 24.7 Å². The van der Waals surface area contributed by atoms with Gasteiger partial charge in [-0.25, -0.2) is 0 Å². The summed E-state index contributed by atoms with van der Waals surface area (Å²) in [6, 6.07) is 11.4. The number of nitrogens with zero attached hydrogens (tertiary/aromatic N) is 6. The van der Waals surface area contributed by atoms with Crippen LogP contribution in [0, 0.1) is 0 Å². The Bertz CT molecular complexity index is 1000. The number of piperazine rings is 1. The third-order valence-electron chi connectivity index (χ3n) is 6.93. The molecule has 0 saturated carbocycles. The third-order valence-corrected chi connectivity index (χ3v) is 6.93. The molecule has 2 aliphatic rings. The number of amides is 1. The monoisotopic (exact) mass is 478 g/mol. The second kappa shape index (κ2) is 11.6. The molecular weight excluding hydrogens is 440 g/mol. The molecule has 2 aliphatic heterocycles. The van der Waals surface area contributed by atoms with Crippen molar-refractivity contribution in [3.8, 4) is 6.01 Å². The van der Waals surface area contributed by atoms with Gasteiger partial charge >= 0.3 is 6.01 Å². The number of hydrogen-bond donors (Lipinski definition) is 0. The summed E-state index contributed by atoms with van der Waals surface area (Å²) in [5, 5.41) is 0. The molecule has 0 spiro atoms. The molecule has 0 radical (unpaired) electrons. The summed E-state index contributed by atoms with van der Waals surface area (Å²) < 4.78 is 6.04. The minimum Gasteiger partial charge on any atom is -0.463 e. The van der Waals surface area contributed by atoms with Crippen LogP contribution < -0.4 is 9.64 Å². The summed E-state index contributed by atoms with van der Waals surface area (Å²) in [5.41, 5.74) is 3.58. The first-order valence-corrected chi connectivity index (χ1v) is 12.6. The van der Waals surface area contributed by atoms with Crippen molar-refractivity contribution in [3.63, 3.8) is 0 Å². The van der Waals surface area contributed by atoms with Crippen LogP contribution in [0.1, 0.15) is 36.2 Å². The standard InChI is InChI=1S/C27H38N6O2/c1-5-25(34)31-15-17-32(18-16-31)26-23-12-14-33(21(2)22-10-7-6-8-11-22)20-24(23)28-27(29-26)35-19-9-13-30(3)4/h5-8,10-11,21H,1,9,12-20H2,2-4H3. The van der Waals surface area contributed by atoms with E-state index in [-0.39, 0.29) is 5.91 Å². The molecule has 1 aromatic carbocycles. The van der Waals surface area contributed by atoms with Gasteiger partial charge in [0, 0.05) is 57.4 Å². The highest BCUT2D eigenvalue weighted by molar-refractivity contribution is 5.87. The Balaban J connectivity index is 1.55. The van der Waals surface area contributed by atoms with Gasteiger partial charge in [0.05, 0.1) is 12.3 Å². The zero-order valence-electron chi connectivity index (χ0n) is 21.3. The van der Waals surface area contributed by atoms with Crippen molar-refractivity contribution in [2.45, 2.75) is 32.4 Å². The van der Waals surface area contributed by atoms with Gasteiger partial charge in [-0.2, -0.15) is 9.97 Å². The van der Waals surface area contributed by atoms with Gasteiger partial charge < -0.3 is 19.4 Å². The molecule has 1 saturated heterocycles. The zero-order chi connectivity index (χ0) is 24.8. The van der Waals surface area contributed by atoms with Crippen LogP contribution in [0.15, 0.2) is 43.0 Å². The lowest BCUT2D eigenvalue weighted by Crippen LogP contribution is -2.49. The van der Waals surface area contributed by atoms with E-state index in [4.69, 9.17) is 14.7 Å². The van der Waals surface area contributed by atoms with E-state index in [1.807, 2.05) is 4.90 Å². The molecule has 0 bridgehead atoms. The smallest absolute Gasteiger partial charge is 0.318 e. The predicted molar refractivity (Wildman–Crippen MR) is 139 cm³/mol. The predicted octanol–water partition coefficient (Wildman–Crippen LogP) is 2.76. The molecule has 0 N–H and O–H groups in total. The van der Waals surface area contributed by atoms with Crippen molar-refractivity contribution >= 4 is 11.7 Å². The van der Waals surface area contributed by atoms with Gasteiger partial charge in [-0.1, -0.05) is 36.9 Å². The first kappa shape index (κ1) is 25.1. The molecule has 8 nitrogen and oxygen atoms in total. The lowest BCUT2D eigenvalue weighted by Gasteiger charge is -2.38. The highest BCUT2D eigenvalue weighted by atomic mass is 16.5. The maximum absolute atomic E-state index is 12.0. The third kappa shape index (κ3) is 6.18. The van der Waals surface area contributed by atoms with E-state index in [0.717, 1.165) is 57.1 Å². The molecule has 1 unspecified atom stereocenters. The number of hydrogen-bond acceptors (Lipinski definition) is 7. The van der Waals surface area contributed by atoms with Crippen LogP contribution in [0.4, 0.5) is 5.82 Å². The second-order valence-corrected chi connectivity index (χ2v) is 9.58. The van der Waals surface area contributed by atoms with Gasteiger partial charge in [0.2, 0.25) is 5.91 Å². The minimum atomic E-state index is -0.00942. The average molecular weight is 479 g/mol. The maximum atomic E-state index is 12.0. The Morgan fingerprint density at radius 1 is 1.14 bits per heavy atom. The van der Waals surface area contributed by atoms with E-state index in [0.29, 0.717) is 31.7 Å². The number of rotatable bonds is 9. The molecule has 1 amide bonds. The summed E-state index contributed by atoms with van der Waals surface area (Å²) in [4.78, 5) is 30.6. The van der Waals surface area contributed by atoms with Gasteiger partial charge in [-0.05, 0) is 45.5 Å².